The van der Waals surface area contributed by atoms with E-state index >= 15 is 0 Å². The summed E-state index contributed by atoms with van der Waals surface area (Å²) < 4.78 is 43.3. The summed E-state index contributed by atoms with van der Waals surface area (Å²) in [5.74, 6) is 0.994. The first kappa shape index (κ1) is 34.6. The Morgan fingerprint density at radius 3 is 2.10 bits per heavy atom. The standard InChI is InChI=1S/C41H42N2O6S/c1-5-8-26-43(29-18-22-33(23-19-29)50(45,46)49-32-14-10-9-11-15-32)31-21-25-38-37(27-31)40(34-16-12-13-17-35(34)41(44)47-4)36-24-20-30(28-39(36)48-38)42(6-2)7-3/h9-25,27-28,40H,5-8,26H2,1-4H3. The van der Waals surface area contributed by atoms with Gasteiger partial charge in [-0.15, -0.1) is 0 Å². The van der Waals surface area contributed by atoms with Gasteiger partial charge < -0.3 is 23.5 Å². The van der Waals surface area contributed by atoms with Crippen LogP contribution < -0.4 is 18.7 Å². The number of methoxy groups -OCH3 is 1. The number of anilines is 3. The number of unbranched alkanes of at least 4 members (excludes halogenated alkanes) is 1. The van der Waals surface area contributed by atoms with Crippen molar-refractivity contribution in [2.75, 3.05) is 36.5 Å². The first-order valence-electron chi connectivity index (χ1n) is 17.0. The fourth-order valence-electron chi connectivity index (χ4n) is 6.49. The average molecular weight is 691 g/mol. The quantitative estimate of drug-likeness (QED) is 0.0876. The van der Waals surface area contributed by atoms with Gasteiger partial charge in [0.25, 0.3) is 0 Å². The number of benzene rings is 5. The number of carbonyl (C=O) groups is 1. The minimum Gasteiger partial charge on any atom is -0.465 e. The van der Waals surface area contributed by atoms with Gasteiger partial charge in [-0.25, -0.2) is 4.79 Å². The molecule has 258 valence electrons. The van der Waals surface area contributed by atoms with Crippen LogP contribution in [0.1, 0.15) is 66.6 Å². The molecular formula is C41H42N2O6S. The molecule has 0 radical (unpaired) electrons. The predicted octanol–water partition coefficient (Wildman–Crippen LogP) is 9.31. The number of para-hydroxylation sites is 1. The maximum Gasteiger partial charge on any atom is 0.339 e. The van der Waals surface area contributed by atoms with Crippen molar-refractivity contribution in [3.8, 4) is 17.2 Å². The molecule has 8 nitrogen and oxygen atoms in total. The molecule has 1 atom stereocenters. The van der Waals surface area contributed by atoms with Crippen molar-refractivity contribution in [1.82, 2.24) is 0 Å². The van der Waals surface area contributed by atoms with E-state index in [9.17, 15) is 13.2 Å². The SMILES string of the molecule is CCCCN(c1ccc(S(=O)(=O)Oc2ccccc2)cc1)c1ccc2c(c1)C(c1ccccc1C(=O)OC)c1ccc(N(CC)CC)cc1O2. The third kappa shape index (κ3) is 7.05. The molecule has 5 aromatic rings. The van der Waals surface area contributed by atoms with Crippen LogP contribution in [0.3, 0.4) is 0 Å². The number of nitrogens with zero attached hydrogens (tertiary/aromatic N) is 2. The van der Waals surface area contributed by atoms with Gasteiger partial charge in [0.05, 0.1) is 12.7 Å². The molecule has 0 spiro atoms. The monoisotopic (exact) mass is 690 g/mol. The van der Waals surface area contributed by atoms with Crippen LogP contribution in [0.2, 0.25) is 0 Å². The molecule has 1 heterocycles. The lowest BCUT2D eigenvalue weighted by atomic mass is 9.80. The van der Waals surface area contributed by atoms with Crippen molar-refractivity contribution in [1.29, 1.82) is 0 Å². The molecule has 1 aliphatic rings. The number of fused-ring (bicyclic) bond motifs is 2. The van der Waals surface area contributed by atoms with Gasteiger partial charge in [-0.3, -0.25) is 0 Å². The van der Waals surface area contributed by atoms with E-state index < -0.39 is 16.1 Å². The Hall–Kier alpha value is -5.28. The van der Waals surface area contributed by atoms with Gasteiger partial charge in [-0.1, -0.05) is 55.8 Å². The van der Waals surface area contributed by atoms with E-state index in [-0.39, 0.29) is 16.6 Å². The minimum atomic E-state index is -4.02. The Bertz CT molecular complexity index is 2060. The van der Waals surface area contributed by atoms with Crippen molar-refractivity contribution >= 4 is 33.1 Å². The van der Waals surface area contributed by atoms with Gasteiger partial charge in [-0.2, -0.15) is 8.42 Å². The fourth-order valence-corrected chi connectivity index (χ4v) is 7.42. The molecule has 0 fully saturated rings. The highest BCUT2D eigenvalue weighted by Crippen LogP contribution is 2.50. The molecule has 6 rings (SSSR count). The second-order valence-corrected chi connectivity index (χ2v) is 13.6. The molecule has 5 aromatic carbocycles. The van der Waals surface area contributed by atoms with Gasteiger partial charge in [-0.05, 0) is 92.6 Å². The highest BCUT2D eigenvalue weighted by molar-refractivity contribution is 7.87. The van der Waals surface area contributed by atoms with E-state index in [1.54, 1.807) is 60.7 Å². The van der Waals surface area contributed by atoms with E-state index in [1.807, 2.05) is 30.3 Å². The van der Waals surface area contributed by atoms with E-state index in [4.69, 9.17) is 13.7 Å². The fraction of sp³-hybridized carbons (Fsp3) is 0.244. The maximum atomic E-state index is 13.1. The molecule has 0 aliphatic carbocycles. The molecular weight excluding hydrogens is 649 g/mol. The van der Waals surface area contributed by atoms with Crippen LogP contribution in [0.4, 0.5) is 17.1 Å². The summed E-state index contributed by atoms with van der Waals surface area (Å²) in [7, 11) is -2.62. The van der Waals surface area contributed by atoms with Crippen LogP contribution in [-0.4, -0.2) is 41.1 Å². The van der Waals surface area contributed by atoms with E-state index in [0.717, 1.165) is 65.4 Å². The molecule has 1 unspecified atom stereocenters. The third-order valence-electron chi connectivity index (χ3n) is 9.07. The number of carbonyl (C=O) groups excluding carboxylic acids is 1. The lowest BCUT2D eigenvalue weighted by Crippen LogP contribution is -2.23. The number of esters is 1. The summed E-state index contributed by atoms with van der Waals surface area (Å²) >= 11 is 0. The Kier molecular flexibility index (Phi) is 10.4. The smallest absolute Gasteiger partial charge is 0.339 e. The summed E-state index contributed by atoms with van der Waals surface area (Å²) in [6.45, 7) is 8.83. The van der Waals surface area contributed by atoms with Gasteiger partial charge in [0.2, 0.25) is 0 Å². The second-order valence-electron chi connectivity index (χ2n) is 12.1. The highest BCUT2D eigenvalue weighted by Gasteiger charge is 2.33. The first-order valence-corrected chi connectivity index (χ1v) is 18.4. The molecule has 0 saturated heterocycles. The Labute approximate surface area is 295 Å². The molecule has 0 bridgehead atoms. The molecule has 9 heteroatoms. The van der Waals surface area contributed by atoms with Crippen molar-refractivity contribution in [2.24, 2.45) is 0 Å². The Morgan fingerprint density at radius 1 is 0.720 bits per heavy atom. The second kappa shape index (κ2) is 15.1. The molecule has 0 saturated carbocycles. The predicted molar refractivity (Wildman–Crippen MR) is 198 cm³/mol. The molecule has 0 aromatic heterocycles. The van der Waals surface area contributed by atoms with Crippen molar-refractivity contribution in [3.63, 3.8) is 0 Å². The largest absolute Gasteiger partial charge is 0.465 e. The van der Waals surface area contributed by atoms with Crippen LogP contribution in [0, 0.1) is 0 Å². The molecule has 0 N–H and O–H groups in total. The van der Waals surface area contributed by atoms with Crippen molar-refractivity contribution < 1.29 is 26.9 Å². The highest BCUT2D eigenvalue weighted by atomic mass is 32.2. The molecule has 1 aliphatic heterocycles. The van der Waals surface area contributed by atoms with Gasteiger partial charge in [0.15, 0.2) is 0 Å². The Morgan fingerprint density at radius 2 is 1.40 bits per heavy atom. The summed E-state index contributed by atoms with van der Waals surface area (Å²) in [6, 6.07) is 35.2. The lowest BCUT2D eigenvalue weighted by Gasteiger charge is -2.33. The van der Waals surface area contributed by atoms with Crippen LogP contribution >= 0.6 is 0 Å². The van der Waals surface area contributed by atoms with Gasteiger partial charge >= 0.3 is 16.1 Å². The zero-order chi connectivity index (χ0) is 35.3. The number of rotatable bonds is 13. The van der Waals surface area contributed by atoms with Crippen LogP contribution in [0.25, 0.3) is 0 Å². The van der Waals surface area contributed by atoms with Crippen molar-refractivity contribution in [2.45, 2.75) is 44.4 Å². The zero-order valence-electron chi connectivity index (χ0n) is 28.8. The number of hydrogen-bond acceptors (Lipinski definition) is 8. The molecule has 0 amide bonds. The number of ether oxygens (including phenoxy) is 2. The Balaban J connectivity index is 1.43. The van der Waals surface area contributed by atoms with Gasteiger partial charge in [0.1, 0.15) is 22.1 Å². The minimum absolute atomic E-state index is 0.0690. The topological polar surface area (TPSA) is 85.4 Å². The van der Waals surface area contributed by atoms with Crippen LogP contribution in [0.5, 0.6) is 17.2 Å². The van der Waals surface area contributed by atoms with Crippen LogP contribution in [-0.2, 0) is 14.9 Å². The van der Waals surface area contributed by atoms with Crippen molar-refractivity contribution in [3.05, 3.63) is 138 Å². The zero-order valence-corrected chi connectivity index (χ0v) is 29.7. The van der Waals surface area contributed by atoms with Gasteiger partial charge in [0, 0.05) is 59.8 Å². The normalized spacial score (nSPS) is 13.4. The van der Waals surface area contributed by atoms with E-state index in [1.165, 1.54) is 7.11 Å². The summed E-state index contributed by atoms with van der Waals surface area (Å²) in [4.78, 5) is 17.6. The molecule has 50 heavy (non-hydrogen) atoms. The first-order chi connectivity index (χ1) is 24.3. The summed E-state index contributed by atoms with van der Waals surface area (Å²) in [5.41, 5.74) is 6.01. The third-order valence-corrected chi connectivity index (χ3v) is 10.3. The van der Waals surface area contributed by atoms with E-state index in [2.05, 4.69) is 54.8 Å². The van der Waals surface area contributed by atoms with E-state index in [0.29, 0.717) is 17.9 Å². The average Bonchev–Trinajstić information content (AvgIpc) is 3.14. The summed E-state index contributed by atoms with van der Waals surface area (Å²) in [6.07, 6.45) is 1.88. The maximum absolute atomic E-state index is 13.1. The van der Waals surface area contributed by atoms with Crippen LogP contribution in [0.15, 0.2) is 120 Å². The lowest BCUT2D eigenvalue weighted by molar-refractivity contribution is 0.0599. The number of hydrogen-bond donors (Lipinski definition) is 0. The summed E-state index contributed by atoms with van der Waals surface area (Å²) in [5, 5.41) is 0.